The quantitative estimate of drug-likeness (QED) is 0.127. The van der Waals surface area contributed by atoms with Gasteiger partial charge in [-0.25, -0.2) is 19.9 Å². The summed E-state index contributed by atoms with van der Waals surface area (Å²) in [5.41, 5.74) is 24.1. The maximum Gasteiger partial charge on any atom is 0.238 e. The summed E-state index contributed by atoms with van der Waals surface area (Å²) in [6.45, 7) is 0. The molecule has 10 nitrogen and oxygen atoms in total. The van der Waals surface area contributed by atoms with Crippen LogP contribution in [-0.2, 0) is 0 Å². The van der Waals surface area contributed by atoms with Gasteiger partial charge in [0.1, 0.15) is 11.2 Å². The average molecular weight is 1650 g/mol. The second-order valence-corrected chi connectivity index (χ2v) is 33.6. The Morgan fingerprint density at radius 1 is 0.198 bits per heavy atom. The molecule has 0 aliphatic carbocycles. The van der Waals surface area contributed by atoms with E-state index in [0.29, 0.717) is 23.4 Å². The van der Waals surface area contributed by atoms with Gasteiger partial charge in [0.2, 0.25) is 5.95 Å². The number of thiophene rings is 2. The zero-order valence-electron chi connectivity index (χ0n) is 67.7. The summed E-state index contributed by atoms with van der Waals surface area (Å²) < 4.78 is 18.7. The van der Waals surface area contributed by atoms with Gasteiger partial charge in [0.25, 0.3) is 0 Å². The van der Waals surface area contributed by atoms with Gasteiger partial charge in [-0.15, -0.1) is 22.7 Å². The molecule has 0 aliphatic rings. The molecule has 26 aromatic rings. The lowest BCUT2D eigenvalue weighted by atomic mass is 10.00. The molecule has 590 valence electrons. The molecule has 0 amide bonds. The highest BCUT2D eigenvalue weighted by atomic mass is 32.1. The zero-order chi connectivity index (χ0) is 83.1. The van der Waals surface area contributed by atoms with Crippen LogP contribution < -0.4 is 0 Å². The lowest BCUT2D eigenvalue weighted by Crippen LogP contribution is -2.06. The molecule has 0 spiro atoms. The number of hydrogen-bond acceptors (Lipinski definition) is 9. The molecule has 9 aromatic heterocycles. The van der Waals surface area contributed by atoms with Gasteiger partial charge >= 0.3 is 0 Å². The molecule has 0 bridgehead atoms. The number of furan rings is 1. The van der Waals surface area contributed by atoms with E-state index in [1.165, 1.54) is 89.5 Å². The van der Waals surface area contributed by atoms with Crippen LogP contribution in [0.15, 0.2) is 435 Å². The van der Waals surface area contributed by atoms with E-state index >= 15 is 0 Å². The molecule has 0 radical (unpaired) electrons. The molecule has 17 aromatic carbocycles. The smallest absolute Gasteiger partial charge is 0.238 e. The van der Waals surface area contributed by atoms with Crippen LogP contribution in [0.5, 0.6) is 0 Å². The van der Waals surface area contributed by atoms with E-state index < -0.39 is 0 Å². The van der Waals surface area contributed by atoms with Crippen LogP contribution in [0.4, 0.5) is 0 Å². The summed E-state index contributed by atoms with van der Waals surface area (Å²) in [6.07, 6.45) is 0. The lowest BCUT2D eigenvalue weighted by molar-refractivity contribution is 0.673. The lowest BCUT2D eigenvalue weighted by Gasteiger charge is -2.13. The van der Waals surface area contributed by atoms with Crippen molar-refractivity contribution in [1.82, 2.24) is 43.6 Å². The van der Waals surface area contributed by atoms with E-state index in [0.717, 1.165) is 122 Å². The molecule has 0 atom stereocenters. The van der Waals surface area contributed by atoms with Crippen LogP contribution in [0.1, 0.15) is 0 Å². The van der Waals surface area contributed by atoms with Crippen molar-refractivity contribution >= 4 is 150 Å². The monoisotopic (exact) mass is 1650 g/mol. The summed E-state index contributed by atoms with van der Waals surface area (Å²) >= 11 is 3.77. The highest BCUT2D eigenvalue weighted by molar-refractivity contribution is 7.27. The summed E-state index contributed by atoms with van der Waals surface area (Å²) in [5, 5.41) is 14.8. The standard InChI is InChI=1S/C41H26N2S.C40H25N3S.C33H20N4O/c1-3-12-27(13-4-1)30-25-35(28-14-5-2-6-15-28)42-36(26-30)29-16-11-17-31(24-29)43-37-20-9-7-19-34(37)40-38(43)23-22-33-32-18-8-10-21-39(32)44-41(33)40;1-3-12-26(13-4-1)33-25-34(27-14-5-2-6-15-27)42-40(41-33)28-16-11-17-29(24-28)43-35-20-9-7-19-32(35)38-36(43)23-22-31-30-18-8-10-21-37(30)44-39(31)38;1-3-11-21(12-4-1)31-34-32(22-13-5-2-6-14-22)36-33(35-31)37-26-17-9-7-16-25(26)29-27(37)20-19-24-23-15-8-10-18-28(23)38-30(24)29/h1-26H;1-25H;1-20H. The molecule has 0 N–H and O–H groups in total. The Morgan fingerprint density at radius 3 is 1.06 bits per heavy atom. The van der Waals surface area contributed by atoms with Crippen molar-refractivity contribution in [1.29, 1.82) is 0 Å². The molecule has 0 fully saturated rings. The Labute approximate surface area is 731 Å². The Morgan fingerprint density at radius 2 is 0.556 bits per heavy atom. The fraction of sp³-hybridized carbons (Fsp3) is 0. The van der Waals surface area contributed by atoms with Gasteiger partial charge < -0.3 is 13.6 Å². The minimum Gasteiger partial charge on any atom is -0.455 e. The summed E-state index contributed by atoms with van der Waals surface area (Å²) in [6, 6.07) is 151. The normalized spacial score (nSPS) is 11.7. The first-order valence-electron chi connectivity index (χ1n) is 42.2. The van der Waals surface area contributed by atoms with Crippen LogP contribution in [-0.4, -0.2) is 43.6 Å². The molecule has 0 aliphatic heterocycles. The first kappa shape index (κ1) is 73.5. The second kappa shape index (κ2) is 30.9. The van der Waals surface area contributed by atoms with Crippen molar-refractivity contribution in [2.24, 2.45) is 0 Å². The van der Waals surface area contributed by atoms with E-state index in [9.17, 15) is 0 Å². The predicted molar refractivity (Wildman–Crippen MR) is 526 cm³/mol. The third-order valence-corrected chi connectivity index (χ3v) is 26.5. The van der Waals surface area contributed by atoms with Gasteiger partial charge in [-0.3, -0.25) is 4.57 Å². The minimum absolute atomic E-state index is 0.569. The van der Waals surface area contributed by atoms with E-state index in [1.807, 2.05) is 126 Å². The molecular weight excluding hydrogens is 1580 g/mol. The van der Waals surface area contributed by atoms with Crippen LogP contribution in [0.2, 0.25) is 0 Å². The van der Waals surface area contributed by atoms with Crippen molar-refractivity contribution < 1.29 is 4.42 Å². The Balaban J connectivity index is 0.000000106. The fourth-order valence-electron chi connectivity index (χ4n) is 18.3. The van der Waals surface area contributed by atoms with Gasteiger partial charge in [-0.1, -0.05) is 328 Å². The van der Waals surface area contributed by atoms with Crippen LogP contribution in [0.3, 0.4) is 0 Å². The van der Waals surface area contributed by atoms with E-state index in [1.54, 1.807) is 0 Å². The van der Waals surface area contributed by atoms with Crippen LogP contribution >= 0.6 is 22.7 Å². The number of nitrogens with zero attached hydrogens (tertiary/aromatic N) is 9. The highest BCUT2D eigenvalue weighted by Crippen LogP contribution is 2.48. The van der Waals surface area contributed by atoms with Crippen molar-refractivity contribution in [2.45, 2.75) is 0 Å². The van der Waals surface area contributed by atoms with Crippen molar-refractivity contribution in [2.75, 3.05) is 0 Å². The molecule has 12 heteroatoms. The summed E-state index contributed by atoms with van der Waals surface area (Å²) in [5.74, 6) is 2.54. The number of para-hydroxylation sites is 4. The molecule has 9 heterocycles. The number of benzene rings is 17. The number of rotatable bonds is 11. The molecule has 126 heavy (non-hydrogen) atoms. The Bertz CT molecular complexity index is 8190. The van der Waals surface area contributed by atoms with E-state index in [2.05, 4.69) is 341 Å². The van der Waals surface area contributed by atoms with Crippen LogP contribution in [0, 0.1) is 0 Å². The predicted octanol–water partition coefficient (Wildman–Crippen LogP) is 30.7. The maximum absolute atomic E-state index is 6.44. The third-order valence-electron chi connectivity index (χ3n) is 24.1. The van der Waals surface area contributed by atoms with Crippen molar-refractivity contribution in [3.63, 3.8) is 0 Å². The van der Waals surface area contributed by atoms with E-state index in [-0.39, 0.29) is 0 Å². The minimum atomic E-state index is 0.569. The fourth-order valence-corrected chi connectivity index (χ4v) is 20.8. The highest BCUT2D eigenvalue weighted by Gasteiger charge is 2.25. The van der Waals surface area contributed by atoms with Gasteiger partial charge in [-0.2, -0.15) is 9.97 Å². The Kier molecular flexibility index (Phi) is 18.1. The van der Waals surface area contributed by atoms with E-state index in [4.69, 9.17) is 34.3 Å². The number of fused-ring (bicyclic) bond motifs is 21. The van der Waals surface area contributed by atoms with Crippen molar-refractivity contribution in [3.8, 4) is 108 Å². The molecule has 0 unspecified atom stereocenters. The number of pyridine rings is 1. The molecule has 0 saturated carbocycles. The van der Waals surface area contributed by atoms with Gasteiger partial charge in [0.05, 0.1) is 61.3 Å². The topological polar surface area (TPSA) is 105 Å². The van der Waals surface area contributed by atoms with Crippen molar-refractivity contribution in [3.05, 3.63) is 431 Å². The van der Waals surface area contributed by atoms with Crippen LogP contribution in [0.25, 0.3) is 235 Å². The largest absolute Gasteiger partial charge is 0.455 e. The SMILES string of the molecule is c1ccc(-c2cc(-c3ccccc3)nc(-c3cccc(-n4c5ccccc5c5c6sc7ccccc7c6ccc54)c3)c2)cc1.c1ccc(-c2cc(-c3ccccc3)nc(-c3cccc(-n4c5ccccc5c5c6sc7ccccc7c6ccc54)c3)n2)cc1.c1ccc(-c2nc(-c3ccccc3)nc(-n3c4ccccc4c4c5oc6ccccc6c5ccc43)n2)cc1. The first-order chi connectivity index (χ1) is 62.5. The third kappa shape index (κ3) is 12.8. The number of hydrogen-bond donors (Lipinski definition) is 0. The molecule has 26 rings (SSSR count). The first-order valence-corrected chi connectivity index (χ1v) is 43.8. The average Bonchev–Trinajstić information content (AvgIpc) is 1.57. The van der Waals surface area contributed by atoms with Gasteiger partial charge in [0, 0.05) is 128 Å². The summed E-state index contributed by atoms with van der Waals surface area (Å²) in [4.78, 5) is 30.3. The number of aromatic nitrogens is 9. The summed E-state index contributed by atoms with van der Waals surface area (Å²) in [7, 11) is 0. The van der Waals surface area contributed by atoms with Gasteiger partial charge in [0.15, 0.2) is 17.5 Å². The maximum atomic E-state index is 6.44. The van der Waals surface area contributed by atoms with Gasteiger partial charge in [-0.05, 0) is 114 Å². The molecular formula is C114H71N9OS2. The molecule has 0 saturated heterocycles. The zero-order valence-corrected chi connectivity index (χ0v) is 69.4. The Hall–Kier alpha value is -16.4. The second-order valence-electron chi connectivity index (χ2n) is 31.5.